The molecule has 166 valence electrons. The van der Waals surface area contributed by atoms with Crippen LogP contribution in [0.5, 0.6) is 5.75 Å². The fraction of sp³-hybridized carbons (Fsp3) is 0.840. The molecule has 4 fully saturated rings. The fourth-order valence-corrected chi connectivity index (χ4v) is 8.25. The number of aromatic nitrogens is 2. The minimum atomic E-state index is -0.942. The number of hydrogen-bond donors (Lipinski definition) is 0. The Kier molecular flexibility index (Phi) is 5.02. The first kappa shape index (κ1) is 20.5. The highest BCUT2D eigenvalue weighted by atomic mass is 19.1. The Morgan fingerprint density at radius 2 is 2.03 bits per heavy atom. The molecule has 2 unspecified atom stereocenters. The number of ether oxygens (including phenoxy) is 1. The zero-order chi connectivity index (χ0) is 21.1. The predicted molar refractivity (Wildman–Crippen MR) is 114 cm³/mol. The average Bonchev–Trinajstić information content (AvgIpc) is 3.29. The summed E-state index contributed by atoms with van der Waals surface area (Å²) < 4.78 is 23.8. The molecule has 0 aliphatic heterocycles. The quantitative estimate of drug-likeness (QED) is 0.663. The molecule has 1 aromatic rings. The molecular formula is C25H37FN2O2. The molecule has 4 nitrogen and oxygen atoms in total. The van der Waals surface area contributed by atoms with Gasteiger partial charge in [0.25, 0.3) is 0 Å². The maximum absolute atomic E-state index is 16.4. The first-order valence-electron chi connectivity index (χ1n) is 12.1. The molecule has 0 bridgehead atoms. The van der Waals surface area contributed by atoms with Crippen molar-refractivity contribution in [3.63, 3.8) is 0 Å². The van der Waals surface area contributed by atoms with Gasteiger partial charge in [-0.05, 0) is 92.8 Å². The summed E-state index contributed by atoms with van der Waals surface area (Å²) in [5.41, 5.74) is -0.927. The van der Waals surface area contributed by atoms with Crippen LogP contribution in [0.2, 0.25) is 0 Å². The van der Waals surface area contributed by atoms with Gasteiger partial charge in [-0.3, -0.25) is 9.48 Å². The summed E-state index contributed by atoms with van der Waals surface area (Å²) in [7, 11) is 1.84. The summed E-state index contributed by atoms with van der Waals surface area (Å²) in [6.45, 7) is 4.75. The van der Waals surface area contributed by atoms with E-state index in [1.165, 1.54) is 6.42 Å². The maximum Gasteiger partial charge on any atom is 0.173 e. The number of carbonyl (C=O) groups excluding carboxylic acids is 1. The summed E-state index contributed by atoms with van der Waals surface area (Å²) in [5, 5.41) is 4.11. The number of ketones is 1. The smallest absolute Gasteiger partial charge is 0.173 e. The third kappa shape index (κ3) is 3.14. The first-order chi connectivity index (χ1) is 14.3. The standard InChI is InChI=1S/C25H37FN2O2/c1-16-8-11-25(26)17(12-16)4-5-19-20-6-7-22(24(20,2)10-9-21(19)25)23(29)15-30-18-13-27-28(3)14-18/h13-14,16-17,19-22H,4-12,15H2,1-3H3/t16-,17+,19-,20?,21?,22+,24-,25+/m0/s1. The van der Waals surface area contributed by atoms with E-state index in [-0.39, 0.29) is 35.6 Å². The van der Waals surface area contributed by atoms with Gasteiger partial charge in [-0.15, -0.1) is 0 Å². The number of nitrogens with zero attached hydrogens (tertiary/aromatic N) is 2. The second-order valence-corrected chi connectivity index (χ2v) is 11.2. The molecule has 4 aliphatic rings. The molecule has 0 N–H and O–H groups in total. The molecule has 1 aromatic heterocycles. The van der Waals surface area contributed by atoms with Crippen molar-refractivity contribution in [2.45, 2.75) is 77.3 Å². The van der Waals surface area contributed by atoms with Crippen LogP contribution in [0.3, 0.4) is 0 Å². The van der Waals surface area contributed by atoms with E-state index in [9.17, 15) is 4.79 Å². The number of carbonyl (C=O) groups is 1. The van der Waals surface area contributed by atoms with Crippen molar-refractivity contribution in [2.24, 2.45) is 48.0 Å². The van der Waals surface area contributed by atoms with E-state index in [1.54, 1.807) is 17.1 Å². The number of hydrogen-bond acceptors (Lipinski definition) is 3. The van der Waals surface area contributed by atoms with Crippen molar-refractivity contribution in [1.29, 1.82) is 0 Å². The lowest BCUT2D eigenvalue weighted by Gasteiger charge is -2.58. The van der Waals surface area contributed by atoms with Gasteiger partial charge >= 0.3 is 0 Å². The molecule has 4 saturated carbocycles. The Balaban J connectivity index is 1.30. The van der Waals surface area contributed by atoms with E-state index in [2.05, 4.69) is 18.9 Å². The highest BCUT2D eigenvalue weighted by molar-refractivity contribution is 5.83. The lowest BCUT2D eigenvalue weighted by atomic mass is 9.48. The van der Waals surface area contributed by atoms with Crippen LogP contribution in [0, 0.1) is 40.9 Å². The third-order valence-corrected chi connectivity index (χ3v) is 9.74. The van der Waals surface area contributed by atoms with Crippen LogP contribution in [-0.2, 0) is 11.8 Å². The highest BCUT2D eigenvalue weighted by Gasteiger charge is 2.62. The van der Waals surface area contributed by atoms with Crippen molar-refractivity contribution in [3.05, 3.63) is 12.4 Å². The van der Waals surface area contributed by atoms with Crippen molar-refractivity contribution in [1.82, 2.24) is 9.78 Å². The van der Waals surface area contributed by atoms with Gasteiger partial charge in [0.05, 0.1) is 12.4 Å². The van der Waals surface area contributed by atoms with Gasteiger partial charge in [-0.2, -0.15) is 5.10 Å². The second-order valence-electron chi connectivity index (χ2n) is 11.2. The second kappa shape index (κ2) is 7.34. The molecule has 0 aromatic carbocycles. The Morgan fingerprint density at radius 3 is 2.80 bits per heavy atom. The van der Waals surface area contributed by atoms with E-state index >= 15 is 4.39 Å². The Morgan fingerprint density at radius 1 is 1.20 bits per heavy atom. The van der Waals surface area contributed by atoms with E-state index in [0.29, 0.717) is 23.5 Å². The Labute approximate surface area is 179 Å². The number of Topliss-reactive ketones (excluding diaryl/α,β-unsaturated/α-hetero) is 1. The molecular weight excluding hydrogens is 379 g/mol. The highest BCUT2D eigenvalue weighted by Crippen LogP contribution is 2.66. The van der Waals surface area contributed by atoms with Crippen molar-refractivity contribution >= 4 is 5.78 Å². The lowest BCUT2D eigenvalue weighted by Crippen LogP contribution is -2.56. The molecule has 5 heteroatoms. The SMILES string of the molecule is C[C@H]1CC[C@]2(F)C3CC[C@@]4(C)C(CC[C@@H]4C(=O)COc4cnn(C)c4)[C@@H]3CC[C@@H]2C1. The van der Waals surface area contributed by atoms with Crippen LogP contribution in [-0.4, -0.2) is 27.8 Å². The number of alkyl halides is 1. The zero-order valence-electron chi connectivity index (χ0n) is 18.8. The van der Waals surface area contributed by atoms with Crippen molar-refractivity contribution < 1.29 is 13.9 Å². The summed E-state index contributed by atoms with van der Waals surface area (Å²) >= 11 is 0. The average molecular weight is 417 g/mol. The van der Waals surface area contributed by atoms with Crippen molar-refractivity contribution in [2.75, 3.05) is 6.61 Å². The van der Waals surface area contributed by atoms with Crippen LogP contribution in [0.15, 0.2) is 12.4 Å². The Hall–Kier alpha value is -1.39. The largest absolute Gasteiger partial charge is 0.483 e. The molecule has 0 amide bonds. The summed E-state index contributed by atoms with van der Waals surface area (Å²) in [6, 6.07) is 0. The zero-order valence-corrected chi connectivity index (χ0v) is 18.8. The van der Waals surface area contributed by atoms with Gasteiger partial charge in [0.15, 0.2) is 11.5 Å². The molecule has 30 heavy (non-hydrogen) atoms. The maximum atomic E-state index is 16.4. The molecule has 0 radical (unpaired) electrons. The van der Waals surface area contributed by atoms with E-state index in [0.717, 1.165) is 51.4 Å². The van der Waals surface area contributed by atoms with Crippen LogP contribution in [0.4, 0.5) is 4.39 Å². The number of aryl methyl sites for hydroxylation is 1. The topological polar surface area (TPSA) is 44.1 Å². The van der Waals surface area contributed by atoms with Crippen LogP contribution in [0.1, 0.15) is 71.6 Å². The fourth-order valence-electron chi connectivity index (χ4n) is 8.25. The molecule has 5 rings (SSSR count). The molecule has 0 saturated heterocycles. The van der Waals surface area contributed by atoms with Gasteiger partial charge in [0.2, 0.25) is 0 Å². The molecule has 1 heterocycles. The Bertz CT molecular complexity index is 809. The normalized spacial score (nSPS) is 45.3. The van der Waals surface area contributed by atoms with Gasteiger partial charge in [0, 0.05) is 13.0 Å². The number of halogens is 1. The predicted octanol–water partition coefficient (Wildman–Crippen LogP) is 5.37. The number of rotatable bonds is 4. The van der Waals surface area contributed by atoms with Gasteiger partial charge in [-0.1, -0.05) is 13.8 Å². The summed E-state index contributed by atoms with van der Waals surface area (Å²) in [5.74, 6) is 3.07. The summed E-state index contributed by atoms with van der Waals surface area (Å²) in [6.07, 6.45) is 12.5. The lowest BCUT2D eigenvalue weighted by molar-refractivity contribution is -0.146. The minimum absolute atomic E-state index is 0.0156. The molecule has 0 spiro atoms. The third-order valence-electron chi connectivity index (χ3n) is 9.74. The van der Waals surface area contributed by atoms with Gasteiger partial charge in [0.1, 0.15) is 12.3 Å². The van der Waals surface area contributed by atoms with Gasteiger partial charge < -0.3 is 4.74 Å². The van der Waals surface area contributed by atoms with Crippen LogP contribution in [0.25, 0.3) is 0 Å². The van der Waals surface area contributed by atoms with E-state index in [1.807, 2.05) is 7.05 Å². The minimum Gasteiger partial charge on any atom is -0.483 e. The summed E-state index contributed by atoms with van der Waals surface area (Å²) in [4.78, 5) is 13.1. The van der Waals surface area contributed by atoms with E-state index in [4.69, 9.17) is 4.74 Å². The van der Waals surface area contributed by atoms with Crippen molar-refractivity contribution in [3.8, 4) is 5.75 Å². The van der Waals surface area contributed by atoms with Gasteiger partial charge in [-0.25, -0.2) is 4.39 Å². The van der Waals surface area contributed by atoms with E-state index < -0.39 is 5.67 Å². The number of fused-ring (bicyclic) bond motifs is 5. The van der Waals surface area contributed by atoms with Crippen LogP contribution >= 0.6 is 0 Å². The monoisotopic (exact) mass is 416 g/mol. The first-order valence-corrected chi connectivity index (χ1v) is 12.1. The molecule has 4 aliphatic carbocycles. The van der Waals surface area contributed by atoms with Crippen LogP contribution < -0.4 is 4.74 Å². The molecule has 8 atom stereocenters.